The Labute approximate surface area is 176 Å². The van der Waals surface area contributed by atoms with Gasteiger partial charge in [-0.15, -0.1) is 0 Å². The zero-order chi connectivity index (χ0) is 21.5. The Hall–Kier alpha value is -3.12. The Morgan fingerprint density at radius 1 is 1.07 bits per heavy atom. The van der Waals surface area contributed by atoms with Gasteiger partial charge in [-0.1, -0.05) is 49.4 Å². The molecule has 1 N–H and O–H groups in total. The number of aliphatic hydroxyl groups is 1. The molecule has 1 aliphatic rings. The van der Waals surface area contributed by atoms with E-state index in [1.807, 2.05) is 37.3 Å². The monoisotopic (exact) mass is 409 g/mol. The second-order valence-corrected chi connectivity index (χ2v) is 7.13. The lowest BCUT2D eigenvalue weighted by Gasteiger charge is -2.25. The number of nitrogens with zero attached hydrogens (tertiary/aromatic N) is 1. The Balaban J connectivity index is 2.05. The van der Waals surface area contributed by atoms with E-state index >= 15 is 0 Å². The highest BCUT2D eigenvalue weighted by Gasteiger charge is 2.45. The lowest BCUT2D eigenvalue weighted by Crippen LogP contribution is -2.31. The molecule has 1 fully saturated rings. The number of likely N-dealkylation sites (tertiary alicyclic amines) is 1. The quantitative estimate of drug-likeness (QED) is 0.294. The topological polar surface area (TPSA) is 76.1 Å². The smallest absolute Gasteiger partial charge is 0.295 e. The van der Waals surface area contributed by atoms with Gasteiger partial charge in [0.25, 0.3) is 11.7 Å². The van der Waals surface area contributed by atoms with Crippen LogP contribution < -0.4 is 4.74 Å². The van der Waals surface area contributed by atoms with Crippen molar-refractivity contribution < 1.29 is 24.2 Å². The normalized spacial score (nSPS) is 18.1. The van der Waals surface area contributed by atoms with Crippen LogP contribution >= 0.6 is 0 Å². The van der Waals surface area contributed by atoms with Crippen molar-refractivity contribution in [1.82, 2.24) is 4.90 Å². The molecule has 0 bridgehead atoms. The number of ketones is 1. The minimum Gasteiger partial charge on any atom is -0.507 e. The van der Waals surface area contributed by atoms with E-state index in [0.29, 0.717) is 37.5 Å². The van der Waals surface area contributed by atoms with Gasteiger partial charge < -0.3 is 19.5 Å². The Kier molecular flexibility index (Phi) is 7.25. The molecule has 0 aromatic heterocycles. The summed E-state index contributed by atoms with van der Waals surface area (Å²) in [7, 11) is 1.59. The van der Waals surface area contributed by atoms with Crippen LogP contribution in [0.3, 0.4) is 0 Å². The number of carbonyl (C=O) groups is 2. The molecule has 2 aromatic carbocycles. The van der Waals surface area contributed by atoms with Gasteiger partial charge in [-0.2, -0.15) is 0 Å². The average Bonchev–Trinajstić information content (AvgIpc) is 3.03. The Morgan fingerprint density at radius 2 is 1.83 bits per heavy atom. The summed E-state index contributed by atoms with van der Waals surface area (Å²) in [5.74, 6) is -0.886. The van der Waals surface area contributed by atoms with Gasteiger partial charge in [0.15, 0.2) is 0 Å². The van der Waals surface area contributed by atoms with Crippen LogP contribution in [0, 0.1) is 0 Å². The second kappa shape index (κ2) is 10.1. The number of methoxy groups -OCH3 is 1. The first-order valence-corrected chi connectivity index (χ1v) is 10.1. The van der Waals surface area contributed by atoms with Gasteiger partial charge in [-0.25, -0.2) is 0 Å². The van der Waals surface area contributed by atoms with Crippen LogP contribution in [0.5, 0.6) is 5.75 Å². The van der Waals surface area contributed by atoms with E-state index in [9.17, 15) is 14.7 Å². The zero-order valence-corrected chi connectivity index (χ0v) is 17.3. The molecule has 0 radical (unpaired) electrons. The van der Waals surface area contributed by atoms with Crippen molar-refractivity contribution >= 4 is 17.4 Å². The first-order valence-electron chi connectivity index (χ1n) is 10.1. The van der Waals surface area contributed by atoms with E-state index in [-0.39, 0.29) is 11.3 Å². The van der Waals surface area contributed by atoms with Crippen LogP contribution in [-0.4, -0.2) is 48.6 Å². The first kappa shape index (κ1) is 21.6. The van der Waals surface area contributed by atoms with Crippen molar-refractivity contribution in [2.45, 2.75) is 25.8 Å². The number of benzene rings is 2. The van der Waals surface area contributed by atoms with Crippen LogP contribution in [0.2, 0.25) is 0 Å². The van der Waals surface area contributed by atoms with E-state index in [2.05, 4.69) is 0 Å². The molecule has 1 amide bonds. The van der Waals surface area contributed by atoms with Crippen LogP contribution in [0.15, 0.2) is 60.2 Å². The summed E-state index contributed by atoms with van der Waals surface area (Å²) in [5, 5.41) is 11.1. The fourth-order valence-corrected chi connectivity index (χ4v) is 3.58. The lowest BCUT2D eigenvalue weighted by atomic mass is 9.95. The van der Waals surface area contributed by atoms with Crippen molar-refractivity contribution in [2.24, 2.45) is 0 Å². The molecule has 0 aliphatic carbocycles. The maximum atomic E-state index is 12.9. The molecule has 3 rings (SSSR count). The molecule has 0 saturated carbocycles. The SMILES string of the molecule is CCCOc1cccc(C(O)=C2C(=O)C(=O)N(CCCOC)C2c2ccccc2)c1. The number of Topliss-reactive ketones (excluding diaryl/α,β-unsaturated/α-hetero) is 1. The molecule has 158 valence electrons. The molecule has 1 heterocycles. The predicted octanol–water partition coefficient (Wildman–Crippen LogP) is 3.93. The van der Waals surface area contributed by atoms with Gasteiger partial charge >= 0.3 is 0 Å². The summed E-state index contributed by atoms with van der Waals surface area (Å²) in [4.78, 5) is 27.2. The van der Waals surface area contributed by atoms with Gasteiger partial charge in [0.05, 0.1) is 18.2 Å². The number of rotatable bonds is 9. The van der Waals surface area contributed by atoms with Crippen LogP contribution in [0.25, 0.3) is 5.76 Å². The maximum absolute atomic E-state index is 12.9. The van der Waals surface area contributed by atoms with Gasteiger partial charge in [-0.05, 0) is 30.5 Å². The number of ether oxygens (including phenoxy) is 2. The molecule has 1 atom stereocenters. The molecular formula is C24H27NO5. The second-order valence-electron chi connectivity index (χ2n) is 7.13. The largest absolute Gasteiger partial charge is 0.507 e. The first-order chi connectivity index (χ1) is 14.6. The predicted molar refractivity (Wildman–Crippen MR) is 114 cm³/mol. The van der Waals surface area contributed by atoms with E-state index in [1.54, 1.807) is 31.4 Å². The summed E-state index contributed by atoms with van der Waals surface area (Å²) < 4.78 is 10.7. The molecule has 1 aliphatic heterocycles. The standard InChI is InChI=1S/C24H27NO5/c1-3-14-30-19-12-7-11-18(16-19)22(26)20-21(17-9-5-4-6-10-17)25(13-8-15-29-2)24(28)23(20)27/h4-7,9-12,16,21,26H,3,8,13-15H2,1-2H3. The van der Waals surface area contributed by atoms with Crippen molar-refractivity contribution in [2.75, 3.05) is 26.9 Å². The molecule has 1 saturated heterocycles. The summed E-state index contributed by atoms with van der Waals surface area (Å²) in [6.07, 6.45) is 1.45. The molecule has 2 aromatic rings. The number of hydrogen-bond donors (Lipinski definition) is 1. The zero-order valence-electron chi connectivity index (χ0n) is 17.3. The van der Waals surface area contributed by atoms with E-state index in [1.165, 1.54) is 4.90 Å². The van der Waals surface area contributed by atoms with Gasteiger partial charge in [0.2, 0.25) is 0 Å². The minimum atomic E-state index is -0.682. The van der Waals surface area contributed by atoms with Crippen LogP contribution in [0.1, 0.15) is 36.9 Å². The van der Waals surface area contributed by atoms with E-state index < -0.39 is 17.7 Å². The van der Waals surface area contributed by atoms with E-state index in [0.717, 1.165) is 12.0 Å². The van der Waals surface area contributed by atoms with Crippen LogP contribution in [0.4, 0.5) is 0 Å². The molecule has 6 nitrogen and oxygen atoms in total. The third kappa shape index (κ3) is 4.54. The number of carbonyl (C=O) groups excluding carboxylic acids is 2. The van der Waals surface area contributed by atoms with Gasteiger partial charge in [0, 0.05) is 25.8 Å². The van der Waals surface area contributed by atoms with Crippen molar-refractivity contribution in [3.05, 3.63) is 71.3 Å². The minimum absolute atomic E-state index is 0.0938. The third-order valence-corrected chi connectivity index (χ3v) is 4.98. The fraction of sp³-hybridized carbons (Fsp3) is 0.333. The molecule has 1 unspecified atom stereocenters. The Bertz CT molecular complexity index is 922. The number of hydrogen-bond acceptors (Lipinski definition) is 5. The maximum Gasteiger partial charge on any atom is 0.295 e. The number of aliphatic hydroxyl groups excluding tert-OH is 1. The lowest BCUT2D eigenvalue weighted by molar-refractivity contribution is -0.140. The molecular weight excluding hydrogens is 382 g/mol. The van der Waals surface area contributed by atoms with Crippen molar-refractivity contribution in [3.63, 3.8) is 0 Å². The average molecular weight is 409 g/mol. The van der Waals surface area contributed by atoms with Crippen molar-refractivity contribution in [1.29, 1.82) is 0 Å². The summed E-state index contributed by atoms with van der Waals surface area (Å²) in [5.41, 5.74) is 1.31. The Morgan fingerprint density at radius 3 is 2.53 bits per heavy atom. The highest BCUT2D eigenvalue weighted by molar-refractivity contribution is 6.46. The molecule has 30 heavy (non-hydrogen) atoms. The summed E-state index contributed by atoms with van der Waals surface area (Å²) in [6, 6.07) is 15.6. The number of amides is 1. The highest BCUT2D eigenvalue weighted by Crippen LogP contribution is 2.39. The van der Waals surface area contributed by atoms with Gasteiger partial charge in [-0.3, -0.25) is 9.59 Å². The van der Waals surface area contributed by atoms with E-state index in [4.69, 9.17) is 9.47 Å². The molecule has 6 heteroatoms. The van der Waals surface area contributed by atoms with Crippen LogP contribution in [-0.2, 0) is 14.3 Å². The summed E-state index contributed by atoms with van der Waals surface area (Å²) >= 11 is 0. The summed E-state index contributed by atoms with van der Waals surface area (Å²) in [6.45, 7) is 3.39. The fourth-order valence-electron chi connectivity index (χ4n) is 3.58. The third-order valence-electron chi connectivity index (χ3n) is 4.98. The van der Waals surface area contributed by atoms with Gasteiger partial charge in [0.1, 0.15) is 11.5 Å². The van der Waals surface area contributed by atoms with Crippen molar-refractivity contribution in [3.8, 4) is 5.75 Å². The molecule has 0 spiro atoms. The highest BCUT2D eigenvalue weighted by atomic mass is 16.5.